The van der Waals surface area contributed by atoms with Gasteiger partial charge in [0.1, 0.15) is 0 Å². The van der Waals surface area contributed by atoms with Crippen molar-refractivity contribution in [3.63, 3.8) is 0 Å². The van der Waals surface area contributed by atoms with Crippen molar-refractivity contribution in [3.8, 4) is 0 Å². The number of rotatable bonds is 11. The molecule has 0 fully saturated rings. The van der Waals surface area contributed by atoms with Crippen LogP contribution in [0.2, 0.25) is 0 Å². The lowest BCUT2D eigenvalue weighted by molar-refractivity contribution is -0.129. The summed E-state index contributed by atoms with van der Waals surface area (Å²) in [6.45, 7) is 3.04. The van der Waals surface area contributed by atoms with Crippen LogP contribution in [0.3, 0.4) is 0 Å². The van der Waals surface area contributed by atoms with E-state index in [1.54, 1.807) is 12.1 Å². The minimum Gasteiger partial charge on any atom is -0.465 e. The fourth-order valence-corrected chi connectivity index (χ4v) is 2.67. The van der Waals surface area contributed by atoms with Crippen molar-refractivity contribution in [1.29, 1.82) is 0 Å². The standard InChI is InChI=1S/C20H31NO3/c1-4-5-6-7-8-9-15-21(2)19(22)14-13-17-11-10-12-18(16-17)20(23)24-3/h10-12,16H,4-9,13-15H2,1-3H3. The highest BCUT2D eigenvalue weighted by Crippen LogP contribution is 2.10. The van der Waals surface area contributed by atoms with Gasteiger partial charge in [0.25, 0.3) is 0 Å². The van der Waals surface area contributed by atoms with Crippen molar-refractivity contribution in [2.24, 2.45) is 0 Å². The molecule has 0 aliphatic carbocycles. The second kappa shape index (κ2) is 11.7. The van der Waals surface area contributed by atoms with Gasteiger partial charge in [0, 0.05) is 20.0 Å². The molecule has 0 radical (unpaired) electrons. The molecule has 0 saturated carbocycles. The number of aryl methyl sites for hydroxylation is 1. The van der Waals surface area contributed by atoms with Crippen LogP contribution in [0.1, 0.15) is 67.8 Å². The molecule has 24 heavy (non-hydrogen) atoms. The maximum absolute atomic E-state index is 12.2. The van der Waals surface area contributed by atoms with Crippen molar-refractivity contribution in [2.45, 2.75) is 58.3 Å². The van der Waals surface area contributed by atoms with Gasteiger partial charge in [0.2, 0.25) is 5.91 Å². The zero-order chi connectivity index (χ0) is 17.8. The van der Waals surface area contributed by atoms with Crippen LogP contribution in [0, 0.1) is 0 Å². The molecule has 0 N–H and O–H groups in total. The molecule has 0 bridgehead atoms. The molecule has 0 spiro atoms. The first-order valence-electron chi connectivity index (χ1n) is 8.99. The molecule has 4 nitrogen and oxygen atoms in total. The lowest BCUT2D eigenvalue weighted by Crippen LogP contribution is -2.27. The van der Waals surface area contributed by atoms with E-state index in [-0.39, 0.29) is 11.9 Å². The number of carbonyl (C=O) groups excluding carboxylic acids is 2. The van der Waals surface area contributed by atoms with Gasteiger partial charge in [-0.2, -0.15) is 0 Å². The van der Waals surface area contributed by atoms with Gasteiger partial charge in [0.05, 0.1) is 12.7 Å². The summed E-state index contributed by atoms with van der Waals surface area (Å²) in [6.07, 6.45) is 8.50. The van der Waals surface area contributed by atoms with Crippen molar-refractivity contribution in [3.05, 3.63) is 35.4 Å². The molecule has 0 heterocycles. The summed E-state index contributed by atoms with van der Waals surface area (Å²) in [6, 6.07) is 7.29. The topological polar surface area (TPSA) is 46.6 Å². The van der Waals surface area contributed by atoms with E-state index >= 15 is 0 Å². The Morgan fingerprint density at radius 3 is 2.50 bits per heavy atom. The maximum Gasteiger partial charge on any atom is 0.337 e. The monoisotopic (exact) mass is 333 g/mol. The molecular weight excluding hydrogens is 302 g/mol. The SMILES string of the molecule is CCCCCCCCN(C)C(=O)CCc1cccc(C(=O)OC)c1. The van der Waals surface area contributed by atoms with Gasteiger partial charge < -0.3 is 9.64 Å². The highest BCUT2D eigenvalue weighted by Gasteiger charge is 2.10. The molecule has 0 aliphatic heterocycles. The third-order valence-electron chi connectivity index (χ3n) is 4.25. The second-order valence-corrected chi connectivity index (χ2v) is 6.28. The van der Waals surface area contributed by atoms with E-state index in [0.717, 1.165) is 18.5 Å². The molecule has 0 aliphatic rings. The number of amides is 1. The van der Waals surface area contributed by atoms with Crippen LogP contribution in [0.25, 0.3) is 0 Å². The first-order chi connectivity index (χ1) is 11.6. The number of hydrogen-bond acceptors (Lipinski definition) is 3. The molecule has 4 heteroatoms. The molecule has 0 saturated heterocycles. The van der Waals surface area contributed by atoms with Gasteiger partial charge in [-0.1, -0.05) is 51.2 Å². The van der Waals surface area contributed by atoms with Crippen molar-refractivity contribution in [1.82, 2.24) is 4.90 Å². The Bertz CT molecular complexity index is 513. The largest absolute Gasteiger partial charge is 0.465 e. The summed E-state index contributed by atoms with van der Waals surface area (Å²) < 4.78 is 4.72. The molecule has 1 rings (SSSR count). The first kappa shape index (κ1) is 20.2. The van der Waals surface area contributed by atoms with Crippen molar-refractivity contribution >= 4 is 11.9 Å². The summed E-state index contributed by atoms with van der Waals surface area (Å²) in [5.41, 5.74) is 1.52. The van der Waals surface area contributed by atoms with Crippen LogP contribution < -0.4 is 0 Å². The number of hydrogen-bond donors (Lipinski definition) is 0. The predicted octanol–water partition coefficient (Wildman–Crippen LogP) is 4.22. The van der Waals surface area contributed by atoms with E-state index in [4.69, 9.17) is 4.74 Å². The molecule has 0 unspecified atom stereocenters. The van der Waals surface area contributed by atoms with Crippen molar-refractivity contribution < 1.29 is 14.3 Å². The predicted molar refractivity (Wildman–Crippen MR) is 97.1 cm³/mol. The van der Waals surface area contributed by atoms with E-state index in [9.17, 15) is 9.59 Å². The van der Waals surface area contributed by atoms with Crippen LogP contribution in [-0.2, 0) is 16.0 Å². The fraction of sp³-hybridized carbons (Fsp3) is 0.600. The van der Waals surface area contributed by atoms with E-state index in [1.807, 2.05) is 24.1 Å². The Kier molecular flexibility index (Phi) is 9.81. The van der Waals surface area contributed by atoms with Gasteiger partial charge in [-0.25, -0.2) is 4.79 Å². The number of benzene rings is 1. The fourth-order valence-electron chi connectivity index (χ4n) is 2.67. The van der Waals surface area contributed by atoms with Crippen LogP contribution in [0.15, 0.2) is 24.3 Å². The Hall–Kier alpha value is -1.84. The molecule has 0 aromatic heterocycles. The van der Waals surface area contributed by atoms with E-state index in [2.05, 4.69) is 6.92 Å². The van der Waals surface area contributed by atoms with E-state index in [0.29, 0.717) is 18.4 Å². The maximum atomic E-state index is 12.2. The molecule has 134 valence electrons. The van der Waals surface area contributed by atoms with Crippen LogP contribution >= 0.6 is 0 Å². The van der Waals surface area contributed by atoms with Gasteiger partial charge in [0.15, 0.2) is 0 Å². The van der Waals surface area contributed by atoms with Crippen molar-refractivity contribution in [2.75, 3.05) is 20.7 Å². The number of methoxy groups -OCH3 is 1. The number of ether oxygens (including phenoxy) is 1. The van der Waals surface area contributed by atoms with Gasteiger partial charge >= 0.3 is 5.97 Å². The number of unbranched alkanes of at least 4 members (excludes halogenated alkanes) is 5. The zero-order valence-corrected chi connectivity index (χ0v) is 15.3. The molecule has 1 amide bonds. The highest BCUT2D eigenvalue weighted by atomic mass is 16.5. The number of nitrogens with zero attached hydrogens (tertiary/aromatic N) is 1. The summed E-state index contributed by atoms with van der Waals surface area (Å²) >= 11 is 0. The second-order valence-electron chi connectivity index (χ2n) is 6.28. The Morgan fingerprint density at radius 1 is 1.08 bits per heavy atom. The number of esters is 1. The molecule has 1 aromatic rings. The van der Waals surface area contributed by atoms with Crippen LogP contribution in [0.4, 0.5) is 0 Å². The molecule has 1 aromatic carbocycles. The normalized spacial score (nSPS) is 10.5. The van der Waals surface area contributed by atoms with Gasteiger partial charge in [-0.15, -0.1) is 0 Å². The average molecular weight is 333 g/mol. The number of carbonyl (C=O) groups is 2. The summed E-state index contributed by atoms with van der Waals surface area (Å²) in [7, 11) is 3.25. The van der Waals surface area contributed by atoms with Crippen LogP contribution in [-0.4, -0.2) is 37.5 Å². The summed E-state index contributed by atoms with van der Waals surface area (Å²) in [4.78, 5) is 25.5. The molecular formula is C20H31NO3. The highest BCUT2D eigenvalue weighted by molar-refractivity contribution is 5.89. The van der Waals surface area contributed by atoms with E-state index < -0.39 is 0 Å². The first-order valence-corrected chi connectivity index (χ1v) is 8.99. The quantitative estimate of drug-likeness (QED) is 0.450. The minimum atomic E-state index is -0.344. The summed E-state index contributed by atoms with van der Waals surface area (Å²) in [5.74, 6) is -0.185. The third-order valence-corrected chi connectivity index (χ3v) is 4.25. The Morgan fingerprint density at radius 2 is 1.79 bits per heavy atom. The van der Waals surface area contributed by atoms with Crippen LogP contribution in [0.5, 0.6) is 0 Å². The van der Waals surface area contributed by atoms with E-state index in [1.165, 1.54) is 39.2 Å². The third kappa shape index (κ3) is 7.62. The lowest BCUT2D eigenvalue weighted by Gasteiger charge is -2.17. The smallest absolute Gasteiger partial charge is 0.337 e. The van der Waals surface area contributed by atoms with Gasteiger partial charge in [-0.3, -0.25) is 4.79 Å². The average Bonchev–Trinajstić information content (AvgIpc) is 2.61. The zero-order valence-electron chi connectivity index (χ0n) is 15.3. The Labute approximate surface area is 146 Å². The lowest BCUT2D eigenvalue weighted by atomic mass is 10.1. The molecule has 0 atom stereocenters. The van der Waals surface area contributed by atoms with Gasteiger partial charge in [-0.05, 0) is 30.5 Å². The minimum absolute atomic E-state index is 0.159. The summed E-state index contributed by atoms with van der Waals surface area (Å²) in [5, 5.41) is 0. The Balaban J connectivity index is 2.31.